The first-order valence-corrected chi connectivity index (χ1v) is 3.61. The van der Waals surface area contributed by atoms with E-state index in [1.54, 1.807) is 0 Å². The number of alkyl halides is 1. The molecule has 0 aromatic heterocycles. The van der Waals surface area contributed by atoms with Gasteiger partial charge >= 0.3 is 0 Å². The average molecular weight is 142 g/mol. The molecule has 0 aromatic rings. The van der Waals surface area contributed by atoms with Crippen LogP contribution in [-0.2, 0) is 0 Å². The fourth-order valence-corrected chi connectivity index (χ4v) is 0.642. The summed E-state index contributed by atoms with van der Waals surface area (Å²) in [5.74, 6) is 0. The molecule has 0 aliphatic carbocycles. The first-order valence-electron chi connectivity index (χ1n) is 3.61. The Hall–Kier alpha value is -0.590. The van der Waals surface area contributed by atoms with Crippen molar-refractivity contribution in [2.24, 2.45) is 0 Å². The summed E-state index contributed by atoms with van der Waals surface area (Å²) in [7, 11) is 0. The molecule has 0 N–H and O–H groups in total. The molecule has 0 amide bonds. The number of halogens is 1. The Morgan fingerprint density at radius 3 is 2.40 bits per heavy atom. The van der Waals surface area contributed by atoms with Crippen molar-refractivity contribution in [2.75, 3.05) is 6.67 Å². The molecule has 0 saturated heterocycles. The molecular formula is C9H15F. The molecule has 0 unspecified atom stereocenters. The van der Waals surface area contributed by atoms with E-state index >= 15 is 0 Å². The van der Waals surface area contributed by atoms with Gasteiger partial charge in [-0.2, -0.15) is 0 Å². The maximum absolute atomic E-state index is 11.6. The van der Waals surface area contributed by atoms with E-state index in [1.807, 2.05) is 13.0 Å². The molecule has 10 heavy (non-hydrogen) atoms. The van der Waals surface area contributed by atoms with Gasteiger partial charge in [-0.15, -0.1) is 0 Å². The van der Waals surface area contributed by atoms with Gasteiger partial charge in [0.2, 0.25) is 0 Å². The van der Waals surface area contributed by atoms with Crippen LogP contribution in [0.3, 0.4) is 0 Å². The van der Waals surface area contributed by atoms with Crippen LogP contribution >= 0.6 is 0 Å². The van der Waals surface area contributed by atoms with Gasteiger partial charge in [0.15, 0.2) is 0 Å². The number of allylic oxidation sites excluding steroid dienone is 4. The zero-order chi connectivity index (χ0) is 7.98. The van der Waals surface area contributed by atoms with Crippen LogP contribution in [0.4, 0.5) is 4.39 Å². The van der Waals surface area contributed by atoms with Crippen LogP contribution in [-0.4, -0.2) is 6.67 Å². The van der Waals surface area contributed by atoms with E-state index in [0.717, 1.165) is 6.42 Å². The van der Waals surface area contributed by atoms with Gasteiger partial charge in [0.25, 0.3) is 0 Å². The highest BCUT2D eigenvalue weighted by atomic mass is 19.1. The fourth-order valence-electron chi connectivity index (χ4n) is 0.642. The Labute approximate surface area is 62.4 Å². The molecule has 0 nitrogen and oxygen atoms in total. The van der Waals surface area contributed by atoms with Crippen LogP contribution in [0.5, 0.6) is 0 Å². The Balaban J connectivity index is 4.04. The van der Waals surface area contributed by atoms with Gasteiger partial charge in [0.05, 0.1) is 0 Å². The Morgan fingerprint density at radius 2 is 2.00 bits per heavy atom. The lowest BCUT2D eigenvalue weighted by Crippen LogP contribution is -1.77. The van der Waals surface area contributed by atoms with Crippen molar-refractivity contribution in [3.05, 3.63) is 23.3 Å². The molecular weight excluding hydrogens is 127 g/mol. The predicted molar refractivity (Wildman–Crippen MR) is 43.8 cm³/mol. The molecule has 0 aliphatic rings. The van der Waals surface area contributed by atoms with Gasteiger partial charge in [-0.05, 0) is 20.3 Å². The molecule has 0 fully saturated rings. The first-order chi connectivity index (χ1) is 4.72. The third-order valence-electron chi connectivity index (χ3n) is 1.66. The summed E-state index contributed by atoms with van der Waals surface area (Å²) in [6, 6.07) is 0. The lowest BCUT2D eigenvalue weighted by atomic mass is 10.1. The summed E-state index contributed by atoms with van der Waals surface area (Å²) in [4.78, 5) is 0. The fraction of sp³-hybridized carbons (Fsp3) is 0.556. The van der Waals surface area contributed by atoms with Gasteiger partial charge in [-0.1, -0.05) is 30.2 Å². The Bertz CT molecular complexity index is 143. The lowest BCUT2D eigenvalue weighted by molar-refractivity contribution is 0.561. The van der Waals surface area contributed by atoms with E-state index < -0.39 is 0 Å². The molecule has 0 heterocycles. The van der Waals surface area contributed by atoms with E-state index in [2.05, 4.69) is 13.8 Å². The van der Waals surface area contributed by atoms with Gasteiger partial charge in [-0.25, -0.2) is 4.39 Å². The molecule has 0 spiro atoms. The van der Waals surface area contributed by atoms with Crippen molar-refractivity contribution < 1.29 is 4.39 Å². The maximum atomic E-state index is 11.6. The minimum Gasteiger partial charge on any atom is -0.247 e. The van der Waals surface area contributed by atoms with Gasteiger partial charge in [0, 0.05) is 0 Å². The van der Waals surface area contributed by atoms with Gasteiger partial charge in [0.1, 0.15) is 6.67 Å². The third-order valence-corrected chi connectivity index (χ3v) is 1.66. The second-order valence-corrected chi connectivity index (χ2v) is 2.37. The summed E-state index contributed by atoms with van der Waals surface area (Å²) in [6.07, 6.45) is 4.41. The van der Waals surface area contributed by atoms with E-state index in [4.69, 9.17) is 0 Å². The average Bonchev–Trinajstić information content (AvgIpc) is 1.98. The third kappa shape index (κ3) is 3.44. The van der Waals surface area contributed by atoms with Gasteiger partial charge < -0.3 is 0 Å². The van der Waals surface area contributed by atoms with Crippen LogP contribution < -0.4 is 0 Å². The standard InChI is InChI=1S/C9H15F/c1-4-8(2)9(3)6-5-7-10/h5-6H,4,7H2,1-3H3/b6-5-,9-8-. The molecule has 0 aromatic carbocycles. The van der Waals surface area contributed by atoms with E-state index in [1.165, 1.54) is 17.2 Å². The minimum atomic E-state index is -0.367. The van der Waals surface area contributed by atoms with Crippen molar-refractivity contribution in [1.82, 2.24) is 0 Å². The number of rotatable bonds is 3. The maximum Gasteiger partial charge on any atom is 0.108 e. The van der Waals surface area contributed by atoms with Crippen LogP contribution in [0.25, 0.3) is 0 Å². The van der Waals surface area contributed by atoms with Crippen molar-refractivity contribution >= 4 is 0 Å². The second-order valence-electron chi connectivity index (χ2n) is 2.37. The Kier molecular flexibility index (Phi) is 4.91. The number of hydrogen-bond donors (Lipinski definition) is 0. The van der Waals surface area contributed by atoms with Crippen LogP contribution in [0.2, 0.25) is 0 Å². The summed E-state index contributed by atoms with van der Waals surface area (Å²) in [5, 5.41) is 0. The smallest absolute Gasteiger partial charge is 0.108 e. The second kappa shape index (κ2) is 5.21. The normalized spacial score (nSPS) is 14.0. The summed E-state index contributed by atoms with van der Waals surface area (Å²) in [6.45, 7) is 5.80. The molecule has 0 atom stereocenters. The zero-order valence-electron chi connectivity index (χ0n) is 6.95. The highest BCUT2D eigenvalue weighted by Gasteiger charge is 1.87. The molecule has 1 heteroatoms. The SMILES string of the molecule is CC/C(C)=C(C)\C=C/CF. The van der Waals surface area contributed by atoms with E-state index in [9.17, 15) is 4.39 Å². The molecule has 0 bridgehead atoms. The Morgan fingerprint density at radius 1 is 1.40 bits per heavy atom. The van der Waals surface area contributed by atoms with Crippen LogP contribution in [0, 0.1) is 0 Å². The monoisotopic (exact) mass is 142 g/mol. The van der Waals surface area contributed by atoms with E-state index in [-0.39, 0.29) is 6.67 Å². The van der Waals surface area contributed by atoms with E-state index in [0.29, 0.717) is 0 Å². The van der Waals surface area contributed by atoms with Crippen molar-refractivity contribution in [1.29, 1.82) is 0 Å². The highest BCUT2D eigenvalue weighted by molar-refractivity contribution is 5.21. The molecule has 58 valence electrons. The topological polar surface area (TPSA) is 0 Å². The molecule has 0 radical (unpaired) electrons. The highest BCUT2D eigenvalue weighted by Crippen LogP contribution is 2.07. The van der Waals surface area contributed by atoms with Crippen LogP contribution in [0.1, 0.15) is 27.2 Å². The van der Waals surface area contributed by atoms with Crippen molar-refractivity contribution in [3.63, 3.8) is 0 Å². The minimum absolute atomic E-state index is 0.367. The summed E-state index contributed by atoms with van der Waals surface area (Å²) in [5.41, 5.74) is 2.50. The largest absolute Gasteiger partial charge is 0.247 e. The van der Waals surface area contributed by atoms with Crippen molar-refractivity contribution in [2.45, 2.75) is 27.2 Å². The number of hydrogen-bond acceptors (Lipinski definition) is 0. The first kappa shape index (κ1) is 9.41. The molecule has 0 saturated carbocycles. The zero-order valence-corrected chi connectivity index (χ0v) is 6.95. The summed E-state index contributed by atoms with van der Waals surface area (Å²) < 4.78 is 11.6. The quantitative estimate of drug-likeness (QED) is 0.530. The molecule has 0 aliphatic heterocycles. The molecule has 0 rings (SSSR count). The van der Waals surface area contributed by atoms with Crippen LogP contribution in [0.15, 0.2) is 23.3 Å². The lowest BCUT2D eigenvalue weighted by Gasteiger charge is -1.97. The predicted octanol–water partition coefficient (Wildman–Crippen LogP) is 3.26. The van der Waals surface area contributed by atoms with Crippen molar-refractivity contribution in [3.8, 4) is 0 Å². The van der Waals surface area contributed by atoms with Gasteiger partial charge in [-0.3, -0.25) is 0 Å². The summed E-state index contributed by atoms with van der Waals surface area (Å²) >= 11 is 0.